The van der Waals surface area contributed by atoms with Crippen molar-refractivity contribution in [1.29, 1.82) is 0 Å². The highest BCUT2D eigenvalue weighted by atomic mass is 16.5. The van der Waals surface area contributed by atoms with Gasteiger partial charge in [0.15, 0.2) is 0 Å². The SMILES string of the molecule is CC(=O)N1CCN(CCOc2ccc3cc4occ([C@H]5CCC(=O)NC5=O)c4cc3c2)CC1. The maximum Gasteiger partial charge on any atom is 0.234 e. The van der Waals surface area contributed by atoms with Crippen molar-refractivity contribution in [3.63, 3.8) is 0 Å². The first-order valence-corrected chi connectivity index (χ1v) is 11.4. The number of nitrogens with one attached hydrogen (secondary N) is 1. The Kier molecular flexibility index (Phi) is 5.76. The Balaban J connectivity index is 1.28. The molecule has 5 rings (SSSR count). The molecule has 0 unspecified atom stereocenters. The molecule has 8 heteroatoms. The molecule has 1 N–H and O–H groups in total. The van der Waals surface area contributed by atoms with Crippen LogP contribution in [0.15, 0.2) is 41.0 Å². The van der Waals surface area contributed by atoms with Gasteiger partial charge in [-0.3, -0.25) is 24.6 Å². The third-order valence-electron chi connectivity index (χ3n) is 6.64. The van der Waals surface area contributed by atoms with E-state index in [9.17, 15) is 14.4 Å². The summed E-state index contributed by atoms with van der Waals surface area (Å²) in [5.41, 5.74) is 1.54. The van der Waals surface area contributed by atoms with Crippen LogP contribution in [0.1, 0.15) is 31.2 Å². The summed E-state index contributed by atoms with van der Waals surface area (Å²) in [5.74, 6) is 0.0430. The Morgan fingerprint density at radius 1 is 1.12 bits per heavy atom. The lowest BCUT2D eigenvalue weighted by Crippen LogP contribution is -2.48. The summed E-state index contributed by atoms with van der Waals surface area (Å²) in [7, 11) is 0. The molecule has 0 bridgehead atoms. The number of piperazine rings is 1. The Morgan fingerprint density at radius 2 is 1.94 bits per heavy atom. The van der Waals surface area contributed by atoms with E-state index in [1.165, 1.54) is 0 Å². The minimum absolute atomic E-state index is 0.134. The third kappa shape index (κ3) is 4.43. The van der Waals surface area contributed by atoms with E-state index in [1.807, 2.05) is 35.2 Å². The van der Waals surface area contributed by atoms with Crippen molar-refractivity contribution in [2.45, 2.75) is 25.7 Å². The molecule has 2 aromatic carbocycles. The summed E-state index contributed by atoms with van der Waals surface area (Å²) in [4.78, 5) is 39.5. The van der Waals surface area contributed by atoms with Gasteiger partial charge in [-0.2, -0.15) is 0 Å². The zero-order chi connectivity index (χ0) is 22.9. The minimum atomic E-state index is -0.385. The van der Waals surface area contributed by atoms with Gasteiger partial charge >= 0.3 is 0 Å². The summed E-state index contributed by atoms with van der Waals surface area (Å²) < 4.78 is 11.8. The van der Waals surface area contributed by atoms with Crippen LogP contribution in [0.3, 0.4) is 0 Å². The van der Waals surface area contributed by atoms with Gasteiger partial charge in [-0.1, -0.05) is 6.07 Å². The summed E-state index contributed by atoms with van der Waals surface area (Å²) in [6.07, 6.45) is 2.45. The van der Waals surface area contributed by atoms with Crippen LogP contribution in [0, 0.1) is 0 Å². The van der Waals surface area contributed by atoms with Crippen LogP contribution >= 0.6 is 0 Å². The molecule has 1 aromatic heterocycles. The Labute approximate surface area is 191 Å². The van der Waals surface area contributed by atoms with E-state index in [4.69, 9.17) is 9.15 Å². The maximum atomic E-state index is 12.3. The second kappa shape index (κ2) is 8.86. The molecule has 33 heavy (non-hydrogen) atoms. The Bertz CT molecular complexity index is 1230. The normalized spacial score (nSPS) is 19.8. The van der Waals surface area contributed by atoms with Gasteiger partial charge < -0.3 is 14.1 Å². The molecular formula is C25H27N3O5. The number of fused-ring (bicyclic) bond motifs is 2. The predicted octanol–water partition coefficient (Wildman–Crippen LogP) is 2.65. The second-order valence-corrected chi connectivity index (χ2v) is 8.75. The fourth-order valence-corrected chi connectivity index (χ4v) is 4.70. The largest absolute Gasteiger partial charge is 0.492 e. The topological polar surface area (TPSA) is 92.1 Å². The number of piperidine rings is 1. The molecule has 8 nitrogen and oxygen atoms in total. The molecule has 2 aliphatic heterocycles. The molecule has 3 aromatic rings. The van der Waals surface area contributed by atoms with Crippen LogP contribution in [-0.2, 0) is 14.4 Å². The van der Waals surface area contributed by atoms with E-state index in [1.54, 1.807) is 13.2 Å². The van der Waals surface area contributed by atoms with Gasteiger partial charge in [0.1, 0.15) is 17.9 Å². The van der Waals surface area contributed by atoms with E-state index in [2.05, 4.69) is 10.2 Å². The molecule has 0 aliphatic carbocycles. The van der Waals surface area contributed by atoms with Crippen molar-refractivity contribution < 1.29 is 23.5 Å². The first kappa shape index (κ1) is 21.5. The van der Waals surface area contributed by atoms with Crippen LogP contribution < -0.4 is 10.1 Å². The van der Waals surface area contributed by atoms with Crippen molar-refractivity contribution >= 4 is 39.5 Å². The van der Waals surface area contributed by atoms with Crippen LogP contribution in [0.2, 0.25) is 0 Å². The van der Waals surface area contributed by atoms with Crippen molar-refractivity contribution in [3.8, 4) is 5.75 Å². The lowest BCUT2D eigenvalue weighted by Gasteiger charge is -2.34. The molecule has 2 aliphatic rings. The van der Waals surface area contributed by atoms with Gasteiger partial charge in [0, 0.05) is 57.0 Å². The number of ether oxygens (including phenoxy) is 1. The lowest BCUT2D eigenvalue weighted by atomic mass is 9.90. The van der Waals surface area contributed by atoms with Crippen LogP contribution in [0.25, 0.3) is 21.7 Å². The number of carbonyl (C=O) groups is 3. The Morgan fingerprint density at radius 3 is 2.70 bits per heavy atom. The van der Waals surface area contributed by atoms with Gasteiger partial charge in [-0.25, -0.2) is 0 Å². The van der Waals surface area contributed by atoms with Crippen molar-refractivity contribution in [1.82, 2.24) is 15.1 Å². The zero-order valence-electron chi connectivity index (χ0n) is 18.6. The molecule has 172 valence electrons. The number of furan rings is 1. The third-order valence-corrected chi connectivity index (χ3v) is 6.64. The zero-order valence-corrected chi connectivity index (χ0v) is 18.6. The number of carbonyl (C=O) groups excluding carboxylic acids is 3. The van der Waals surface area contributed by atoms with Crippen LogP contribution in [-0.4, -0.2) is 66.9 Å². The molecule has 0 saturated carbocycles. The molecular weight excluding hydrogens is 422 g/mol. The Hall–Kier alpha value is -3.39. The number of hydrogen-bond donors (Lipinski definition) is 1. The predicted molar refractivity (Wildman–Crippen MR) is 123 cm³/mol. The average Bonchev–Trinajstić information content (AvgIpc) is 3.20. The number of nitrogens with zero attached hydrogens (tertiary/aromatic N) is 2. The first-order valence-electron chi connectivity index (χ1n) is 11.4. The number of rotatable bonds is 5. The smallest absolute Gasteiger partial charge is 0.234 e. The van der Waals surface area contributed by atoms with E-state index < -0.39 is 0 Å². The van der Waals surface area contributed by atoms with E-state index >= 15 is 0 Å². The summed E-state index contributed by atoms with van der Waals surface area (Å²) in [5, 5.41) is 5.34. The van der Waals surface area contributed by atoms with E-state index in [-0.39, 0.29) is 23.6 Å². The second-order valence-electron chi connectivity index (χ2n) is 8.75. The number of imide groups is 1. The number of benzene rings is 2. The summed E-state index contributed by atoms with van der Waals surface area (Å²) >= 11 is 0. The lowest BCUT2D eigenvalue weighted by molar-refractivity contribution is -0.134. The van der Waals surface area contributed by atoms with Gasteiger partial charge in [0.05, 0.1) is 12.2 Å². The monoisotopic (exact) mass is 449 g/mol. The summed E-state index contributed by atoms with van der Waals surface area (Å²) in [6, 6.07) is 9.96. The van der Waals surface area contributed by atoms with Gasteiger partial charge in [-0.05, 0) is 41.5 Å². The highest BCUT2D eigenvalue weighted by Gasteiger charge is 2.30. The molecule has 0 radical (unpaired) electrons. The van der Waals surface area contributed by atoms with Gasteiger partial charge in [0.25, 0.3) is 0 Å². The molecule has 2 fully saturated rings. The quantitative estimate of drug-likeness (QED) is 0.602. The van der Waals surface area contributed by atoms with E-state index in [0.29, 0.717) is 19.4 Å². The highest BCUT2D eigenvalue weighted by molar-refractivity contribution is 6.04. The fourth-order valence-electron chi connectivity index (χ4n) is 4.70. The maximum absolute atomic E-state index is 12.3. The van der Waals surface area contributed by atoms with Crippen molar-refractivity contribution in [2.24, 2.45) is 0 Å². The van der Waals surface area contributed by atoms with Crippen LogP contribution in [0.5, 0.6) is 5.75 Å². The van der Waals surface area contributed by atoms with Gasteiger partial charge in [-0.15, -0.1) is 0 Å². The average molecular weight is 450 g/mol. The van der Waals surface area contributed by atoms with Crippen molar-refractivity contribution in [2.75, 3.05) is 39.3 Å². The molecule has 0 spiro atoms. The highest BCUT2D eigenvalue weighted by Crippen LogP contribution is 2.35. The van der Waals surface area contributed by atoms with E-state index in [0.717, 1.165) is 65.8 Å². The molecule has 2 saturated heterocycles. The molecule has 3 amide bonds. The number of amides is 3. The summed E-state index contributed by atoms with van der Waals surface area (Å²) in [6.45, 7) is 6.25. The molecule has 1 atom stereocenters. The minimum Gasteiger partial charge on any atom is -0.492 e. The fraction of sp³-hybridized carbons (Fsp3) is 0.400. The van der Waals surface area contributed by atoms with Gasteiger partial charge in [0.2, 0.25) is 17.7 Å². The number of hydrogen-bond acceptors (Lipinski definition) is 6. The van der Waals surface area contributed by atoms with Crippen LogP contribution in [0.4, 0.5) is 0 Å². The molecule has 3 heterocycles. The van der Waals surface area contributed by atoms with Crippen molar-refractivity contribution in [3.05, 3.63) is 42.2 Å². The standard InChI is InChI=1S/C25H27N3O5/c1-16(29)28-8-6-27(7-9-28)10-11-32-19-3-2-17-14-23-21(13-18(17)12-19)22(15-33-23)20-4-5-24(30)26-25(20)31/h2-3,12-15,20H,4-11H2,1H3,(H,26,30,31)/t20-/m1/s1. The first-order chi connectivity index (χ1) is 16.0.